The largest absolute Gasteiger partial charge is 0.482 e. The van der Waals surface area contributed by atoms with Crippen molar-refractivity contribution in [2.45, 2.75) is 11.1 Å². The Morgan fingerprint density at radius 3 is 2.35 bits per heavy atom. The van der Waals surface area contributed by atoms with Crippen LogP contribution in [0.15, 0.2) is 23.1 Å². The molecule has 1 aromatic rings. The molecule has 9 heteroatoms. The molecule has 0 spiro atoms. The molecule has 5 nitrogen and oxygen atoms in total. The minimum Gasteiger partial charge on any atom is -0.482 e. The van der Waals surface area contributed by atoms with Crippen LogP contribution in [0.5, 0.6) is 5.75 Å². The summed E-state index contributed by atoms with van der Waals surface area (Å²) in [6.45, 7) is -1.56. The van der Waals surface area contributed by atoms with Gasteiger partial charge in [0.05, 0.1) is 10.6 Å². The van der Waals surface area contributed by atoms with Gasteiger partial charge in [-0.3, -0.25) is 0 Å². The lowest BCUT2D eigenvalue weighted by molar-refractivity contribution is -0.153. The lowest BCUT2D eigenvalue weighted by atomic mass is 10.3. The lowest BCUT2D eigenvalue weighted by Crippen LogP contribution is -2.20. The molecule has 0 aromatic heterocycles. The number of nitrogen functional groups attached to an aromatic ring is 1. The number of primary sulfonamides is 1. The average molecular weight is 270 g/mol. The van der Waals surface area contributed by atoms with E-state index in [1.54, 1.807) is 0 Å². The van der Waals surface area contributed by atoms with Crippen LogP contribution in [0.1, 0.15) is 0 Å². The zero-order chi connectivity index (χ0) is 13.3. The van der Waals surface area contributed by atoms with Crippen molar-refractivity contribution in [3.05, 3.63) is 18.2 Å². The van der Waals surface area contributed by atoms with E-state index < -0.39 is 22.8 Å². The van der Waals surface area contributed by atoms with Gasteiger partial charge < -0.3 is 10.5 Å². The molecular weight excluding hydrogens is 261 g/mol. The summed E-state index contributed by atoms with van der Waals surface area (Å²) in [6.07, 6.45) is -4.54. The van der Waals surface area contributed by atoms with Crippen molar-refractivity contribution < 1.29 is 26.3 Å². The average Bonchev–Trinajstić information content (AvgIpc) is 2.13. The third-order valence-corrected chi connectivity index (χ3v) is 2.62. The summed E-state index contributed by atoms with van der Waals surface area (Å²) < 4.78 is 62.0. The first-order valence-electron chi connectivity index (χ1n) is 4.21. The van der Waals surface area contributed by atoms with Crippen LogP contribution >= 0.6 is 0 Å². The second kappa shape index (κ2) is 4.41. The van der Waals surface area contributed by atoms with E-state index in [0.717, 1.165) is 18.2 Å². The van der Waals surface area contributed by atoms with Crippen LogP contribution < -0.4 is 15.6 Å². The van der Waals surface area contributed by atoms with E-state index in [1.807, 2.05) is 0 Å². The summed E-state index contributed by atoms with van der Waals surface area (Å²) in [5.41, 5.74) is 5.22. The van der Waals surface area contributed by atoms with Crippen LogP contribution in [-0.4, -0.2) is 21.2 Å². The lowest BCUT2D eigenvalue weighted by Gasteiger charge is -2.11. The van der Waals surface area contributed by atoms with Crippen molar-refractivity contribution in [2.24, 2.45) is 5.14 Å². The Balaban J connectivity index is 3.00. The van der Waals surface area contributed by atoms with Crippen molar-refractivity contribution >= 4 is 15.7 Å². The summed E-state index contributed by atoms with van der Waals surface area (Å²) in [4.78, 5) is -0.371. The highest BCUT2D eigenvalue weighted by molar-refractivity contribution is 7.89. The molecule has 0 atom stereocenters. The highest BCUT2D eigenvalue weighted by Gasteiger charge is 2.29. The molecule has 0 unspecified atom stereocenters. The van der Waals surface area contributed by atoms with Crippen LogP contribution in [0.3, 0.4) is 0 Å². The Bertz CT molecular complexity index is 513. The fourth-order valence-electron chi connectivity index (χ4n) is 0.976. The van der Waals surface area contributed by atoms with Gasteiger partial charge in [-0.25, -0.2) is 13.6 Å². The van der Waals surface area contributed by atoms with Crippen molar-refractivity contribution in [1.29, 1.82) is 0 Å². The minimum absolute atomic E-state index is 0.110. The number of alkyl halides is 3. The number of sulfonamides is 1. The van der Waals surface area contributed by atoms with Gasteiger partial charge in [-0.1, -0.05) is 0 Å². The fraction of sp³-hybridized carbons (Fsp3) is 0.250. The molecule has 0 amide bonds. The van der Waals surface area contributed by atoms with Gasteiger partial charge >= 0.3 is 6.18 Å². The maximum atomic E-state index is 11.9. The van der Waals surface area contributed by atoms with E-state index in [9.17, 15) is 21.6 Å². The third-order valence-electron chi connectivity index (χ3n) is 1.70. The van der Waals surface area contributed by atoms with E-state index in [-0.39, 0.29) is 16.3 Å². The summed E-state index contributed by atoms with van der Waals surface area (Å²) >= 11 is 0. The van der Waals surface area contributed by atoms with Crippen LogP contribution in [0.25, 0.3) is 0 Å². The first-order chi connectivity index (χ1) is 7.59. The van der Waals surface area contributed by atoms with E-state index >= 15 is 0 Å². The predicted molar refractivity (Wildman–Crippen MR) is 53.8 cm³/mol. The zero-order valence-corrected chi connectivity index (χ0v) is 9.18. The third kappa shape index (κ3) is 4.11. The number of hydrogen-bond acceptors (Lipinski definition) is 4. The molecule has 1 rings (SSSR count). The molecule has 96 valence electrons. The van der Waals surface area contributed by atoms with Crippen molar-refractivity contribution in [1.82, 2.24) is 0 Å². The number of anilines is 1. The molecule has 0 bridgehead atoms. The quantitative estimate of drug-likeness (QED) is 0.796. The second-order valence-corrected chi connectivity index (χ2v) is 4.71. The van der Waals surface area contributed by atoms with Gasteiger partial charge in [0, 0.05) is 6.07 Å². The maximum Gasteiger partial charge on any atom is 0.422 e. The first-order valence-corrected chi connectivity index (χ1v) is 5.76. The normalized spacial score (nSPS) is 12.5. The standard InChI is InChI=1S/C8H9F3N2O3S/c9-8(10,11)4-16-7-3-5(17(13,14)15)1-2-6(7)12/h1-3H,4,12H2,(H2,13,14,15). The van der Waals surface area contributed by atoms with Gasteiger partial charge in [0.15, 0.2) is 6.61 Å². The van der Waals surface area contributed by atoms with Gasteiger partial charge in [0.25, 0.3) is 0 Å². The SMILES string of the molecule is Nc1ccc(S(N)(=O)=O)cc1OCC(F)(F)F. The number of benzene rings is 1. The Morgan fingerprint density at radius 1 is 1.29 bits per heavy atom. The minimum atomic E-state index is -4.54. The predicted octanol–water partition coefficient (Wildman–Crippen LogP) is 0.857. The van der Waals surface area contributed by atoms with E-state index in [2.05, 4.69) is 4.74 Å². The molecular formula is C8H9F3N2O3S. The first kappa shape index (κ1) is 13.6. The molecule has 0 aliphatic heterocycles. The number of nitrogens with two attached hydrogens (primary N) is 2. The highest BCUT2D eigenvalue weighted by Crippen LogP contribution is 2.26. The molecule has 0 radical (unpaired) electrons. The van der Waals surface area contributed by atoms with Crippen LogP contribution in [0, 0.1) is 0 Å². The van der Waals surface area contributed by atoms with E-state index in [4.69, 9.17) is 10.9 Å². The zero-order valence-electron chi connectivity index (χ0n) is 8.36. The highest BCUT2D eigenvalue weighted by atomic mass is 32.2. The molecule has 0 fully saturated rings. The molecule has 0 aliphatic rings. The molecule has 1 aromatic carbocycles. The van der Waals surface area contributed by atoms with E-state index in [0.29, 0.717) is 0 Å². The fourth-order valence-corrected chi connectivity index (χ4v) is 1.51. The maximum absolute atomic E-state index is 11.9. The van der Waals surface area contributed by atoms with Gasteiger partial charge in [0.1, 0.15) is 5.75 Å². The number of ether oxygens (including phenoxy) is 1. The van der Waals surface area contributed by atoms with E-state index in [1.165, 1.54) is 0 Å². The Hall–Kier alpha value is -1.48. The Labute approximate surface area is 95.2 Å². The molecule has 0 heterocycles. The topological polar surface area (TPSA) is 95.4 Å². The van der Waals surface area contributed by atoms with Crippen molar-refractivity contribution in [3.63, 3.8) is 0 Å². The molecule has 0 aliphatic carbocycles. The number of hydrogen-bond donors (Lipinski definition) is 2. The van der Waals surface area contributed by atoms with Crippen molar-refractivity contribution in [3.8, 4) is 5.75 Å². The molecule has 17 heavy (non-hydrogen) atoms. The summed E-state index contributed by atoms with van der Waals surface area (Å²) in [6, 6.07) is 3.02. The summed E-state index contributed by atoms with van der Waals surface area (Å²) in [5, 5.41) is 4.81. The molecule has 0 saturated carbocycles. The summed E-state index contributed by atoms with van der Waals surface area (Å²) in [7, 11) is -4.01. The van der Waals surface area contributed by atoms with Gasteiger partial charge in [-0.15, -0.1) is 0 Å². The second-order valence-electron chi connectivity index (χ2n) is 3.15. The Morgan fingerprint density at radius 2 is 1.88 bits per heavy atom. The summed E-state index contributed by atoms with van der Waals surface area (Å²) in [5.74, 6) is -0.381. The molecule has 4 N–H and O–H groups in total. The van der Waals surface area contributed by atoms with Gasteiger partial charge in [-0.2, -0.15) is 13.2 Å². The number of halogens is 3. The smallest absolute Gasteiger partial charge is 0.422 e. The van der Waals surface area contributed by atoms with Crippen LogP contribution in [0.2, 0.25) is 0 Å². The van der Waals surface area contributed by atoms with Crippen LogP contribution in [0.4, 0.5) is 18.9 Å². The molecule has 0 saturated heterocycles. The monoisotopic (exact) mass is 270 g/mol. The van der Waals surface area contributed by atoms with Gasteiger partial charge in [-0.05, 0) is 12.1 Å². The van der Waals surface area contributed by atoms with Gasteiger partial charge in [0.2, 0.25) is 10.0 Å². The van der Waals surface area contributed by atoms with Crippen LogP contribution in [-0.2, 0) is 10.0 Å². The Kier molecular flexibility index (Phi) is 3.53. The van der Waals surface area contributed by atoms with Crippen molar-refractivity contribution in [2.75, 3.05) is 12.3 Å². The number of rotatable bonds is 3.